The number of nitro groups is 1. The third-order valence-corrected chi connectivity index (χ3v) is 5.57. The Morgan fingerprint density at radius 3 is 2.37 bits per heavy atom. The molecule has 1 aromatic heterocycles. The minimum atomic E-state index is -0.495. The van der Waals surface area contributed by atoms with Gasteiger partial charge in [0.2, 0.25) is 12.1 Å². The molecule has 10 heteroatoms. The van der Waals surface area contributed by atoms with Gasteiger partial charge in [-0.25, -0.2) is 13.5 Å². The van der Waals surface area contributed by atoms with Gasteiger partial charge >= 0.3 is 0 Å². The predicted octanol–water partition coefficient (Wildman–Crippen LogP) is 2.32. The van der Waals surface area contributed by atoms with Gasteiger partial charge in [0.1, 0.15) is 36.3 Å². The van der Waals surface area contributed by atoms with Crippen LogP contribution >= 0.6 is 0 Å². The number of hydrogen-bond acceptors (Lipinski definition) is 5. The third kappa shape index (κ3) is 7.39. The number of carbonyl (C=O) groups is 1. The van der Waals surface area contributed by atoms with Crippen LogP contribution in [-0.4, -0.2) is 21.4 Å². The van der Waals surface area contributed by atoms with E-state index in [1.165, 1.54) is 36.4 Å². The molecule has 0 saturated carbocycles. The van der Waals surface area contributed by atoms with Gasteiger partial charge in [-0.1, -0.05) is 18.2 Å². The molecule has 4 aromatic rings. The van der Waals surface area contributed by atoms with Crippen molar-refractivity contribution in [3.8, 4) is 11.5 Å². The fourth-order valence-corrected chi connectivity index (χ4v) is 3.84. The number of ether oxygens (including phenoxy) is 2. The molecule has 38 heavy (non-hydrogen) atoms. The lowest BCUT2D eigenvalue weighted by molar-refractivity contribution is -0.682. The fraction of sp³-hybridized carbons (Fsp3) is 0.214. The molecular weight excluding hydrogens is 513 g/mol. The number of non-ortho nitro benzene ring substituents is 1. The average Bonchev–Trinajstić information content (AvgIpc) is 3.31. The normalized spacial score (nSPS) is 11.5. The van der Waals surface area contributed by atoms with E-state index >= 15 is 0 Å². The fourth-order valence-electron chi connectivity index (χ4n) is 3.84. The van der Waals surface area contributed by atoms with E-state index in [1.54, 1.807) is 29.2 Å². The van der Waals surface area contributed by atoms with Gasteiger partial charge in [0.05, 0.1) is 11.0 Å². The summed E-state index contributed by atoms with van der Waals surface area (Å²) in [6, 6.07) is 19.0. The van der Waals surface area contributed by atoms with E-state index in [4.69, 9.17) is 9.47 Å². The van der Waals surface area contributed by atoms with Crippen molar-refractivity contribution < 1.29 is 40.6 Å². The van der Waals surface area contributed by atoms with E-state index in [1.807, 2.05) is 48.9 Å². The van der Waals surface area contributed by atoms with Crippen LogP contribution in [0, 0.1) is 15.9 Å². The number of aromatic nitrogens is 2. The lowest BCUT2D eigenvalue weighted by Gasteiger charge is -2.22. The largest absolute Gasteiger partial charge is 1.00 e. The summed E-state index contributed by atoms with van der Waals surface area (Å²) in [5, 5.41) is 11.0. The zero-order valence-electron chi connectivity index (χ0n) is 20.9. The number of imidazole rings is 1. The van der Waals surface area contributed by atoms with Gasteiger partial charge in [0.15, 0.2) is 12.6 Å². The molecule has 1 heterocycles. The number of ketones is 1. The number of nitro benzene ring substituents is 1. The summed E-state index contributed by atoms with van der Waals surface area (Å²) < 4.78 is 29.1. The number of benzene rings is 3. The smallest absolute Gasteiger partial charge is 0.269 e. The van der Waals surface area contributed by atoms with Crippen LogP contribution in [0.3, 0.4) is 0 Å². The van der Waals surface area contributed by atoms with Crippen LogP contribution in [0.15, 0.2) is 91.5 Å². The number of halogens is 2. The number of rotatable bonds is 11. The molecule has 198 valence electrons. The molecule has 4 rings (SSSR count). The molecule has 0 N–H and O–H groups in total. The Morgan fingerprint density at radius 2 is 1.71 bits per heavy atom. The van der Waals surface area contributed by atoms with Crippen molar-refractivity contribution in [1.82, 2.24) is 4.57 Å². The summed E-state index contributed by atoms with van der Waals surface area (Å²) in [7, 11) is 0. The van der Waals surface area contributed by atoms with Crippen LogP contribution < -0.4 is 26.4 Å². The monoisotopic (exact) mass is 539 g/mol. The van der Waals surface area contributed by atoms with Gasteiger partial charge in [-0.15, -0.1) is 0 Å². The lowest BCUT2D eigenvalue weighted by atomic mass is 10.1. The van der Waals surface area contributed by atoms with Crippen molar-refractivity contribution in [1.29, 1.82) is 0 Å². The minimum Gasteiger partial charge on any atom is -1.00 e. The summed E-state index contributed by atoms with van der Waals surface area (Å²) in [6.45, 7) is 4.36. The van der Waals surface area contributed by atoms with E-state index in [0.717, 1.165) is 5.56 Å². The summed E-state index contributed by atoms with van der Waals surface area (Å²) in [4.78, 5) is 23.2. The summed E-state index contributed by atoms with van der Waals surface area (Å²) in [5.41, 5.74) is 1.22. The maximum atomic E-state index is 13.2. The first-order valence-corrected chi connectivity index (χ1v) is 11.8. The highest BCUT2D eigenvalue weighted by Crippen LogP contribution is 2.32. The number of para-hydroxylation sites is 1. The highest BCUT2D eigenvalue weighted by molar-refractivity contribution is 5.94. The van der Waals surface area contributed by atoms with E-state index < -0.39 is 16.8 Å². The Hall–Kier alpha value is -4.24. The molecule has 0 radical (unpaired) electrons. The number of nitrogens with zero attached hydrogens (tertiary/aromatic N) is 3. The maximum absolute atomic E-state index is 13.2. The van der Waals surface area contributed by atoms with Gasteiger partial charge in [0.25, 0.3) is 5.69 Å². The van der Waals surface area contributed by atoms with Crippen LogP contribution in [-0.2, 0) is 13.1 Å². The van der Waals surface area contributed by atoms with Crippen LogP contribution in [0.25, 0.3) is 0 Å². The van der Waals surface area contributed by atoms with Crippen molar-refractivity contribution >= 4 is 11.5 Å². The quantitative estimate of drug-likeness (QED) is 0.126. The lowest BCUT2D eigenvalue weighted by Crippen LogP contribution is -3.00. The Balaban J connectivity index is 0.00000400. The first kappa shape index (κ1) is 28.3. The Labute approximate surface area is 225 Å². The van der Waals surface area contributed by atoms with Crippen molar-refractivity contribution in [3.63, 3.8) is 0 Å². The molecule has 0 fully saturated rings. The van der Waals surface area contributed by atoms with Crippen molar-refractivity contribution in [2.75, 3.05) is 0 Å². The van der Waals surface area contributed by atoms with Gasteiger partial charge in [0, 0.05) is 23.3 Å². The van der Waals surface area contributed by atoms with Crippen LogP contribution in [0.4, 0.5) is 10.1 Å². The van der Waals surface area contributed by atoms with Crippen molar-refractivity contribution in [2.45, 2.75) is 39.1 Å². The molecule has 0 aliphatic heterocycles. The second-order valence-corrected chi connectivity index (χ2v) is 8.77. The Kier molecular flexibility index (Phi) is 9.56. The van der Waals surface area contributed by atoms with Gasteiger partial charge in [-0.2, -0.15) is 0 Å². The standard InChI is InChI=1S/C28H27FN3O5.ClH/c1-20(2)36-27-6-4-3-5-25(27)28(37-24-13-11-23(12-14-24)32(34)35)18-31-16-15-30(19-31)17-26(33)21-7-9-22(29)10-8-21;/h3-16,19-20,28H,17-18H2,1-2H3;1H/q+1;/p-1. The molecule has 8 nitrogen and oxygen atoms in total. The molecule has 3 aromatic carbocycles. The maximum Gasteiger partial charge on any atom is 0.269 e. The molecule has 1 unspecified atom stereocenters. The average molecular weight is 540 g/mol. The molecular formula is C28H27ClFN3O5. The van der Waals surface area contributed by atoms with E-state index in [-0.39, 0.29) is 36.5 Å². The number of Topliss-reactive ketones (excluding diaryl/α,β-unsaturated/α-hetero) is 1. The van der Waals surface area contributed by atoms with Gasteiger partial charge in [-0.3, -0.25) is 14.9 Å². The molecule has 0 saturated heterocycles. The molecule has 0 bridgehead atoms. The van der Waals surface area contributed by atoms with Crippen molar-refractivity contribution in [3.05, 3.63) is 119 Å². The minimum absolute atomic E-state index is 0. The third-order valence-electron chi connectivity index (χ3n) is 5.57. The van der Waals surface area contributed by atoms with E-state index in [0.29, 0.717) is 23.6 Å². The summed E-state index contributed by atoms with van der Waals surface area (Å²) in [5.74, 6) is 0.616. The first-order chi connectivity index (χ1) is 17.8. The molecule has 0 aliphatic carbocycles. The van der Waals surface area contributed by atoms with Crippen molar-refractivity contribution in [2.24, 2.45) is 0 Å². The highest BCUT2D eigenvalue weighted by atomic mass is 35.5. The molecule has 0 amide bonds. The summed E-state index contributed by atoms with van der Waals surface area (Å²) in [6.07, 6.45) is 4.86. The topological polar surface area (TPSA) is 87.5 Å². The SMILES string of the molecule is CC(C)Oc1ccccc1C(Cn1cc[n+](CC(=O)c2ccc(F)cc2)c1)Oc1ccc([N+](=O)[O-])cc1.[Cl-]. The Bertz CT molecular complexity index is 1370. The van der Waals surface area contributed by atoms with E-state index in [9.17, 15) is 19.3 Å². The van der Waals surface area contributed by atoms with Gasteiger partial charge in [-0.05, 0) is 56.3 Å². The van der Waals surface area contributed by atoms with Crippen LogP contribution in [0.5, 0.6) is 11.5 Å². The van der Waals surface area contributed by atoms with E-state index in [2.05, 4.69) is 0 Å². The highest BCUT2D eigenvalue weighted by Gasteiger charge is 2.23. The molecule has 0 aliphatic rings. The summed E-state index contributed by atoms with van der Waals surface area (Å²) >= 11 is 0. The van der Waals surface area contributed by atoms with Gasteiger partial charge < -0.3 is 21.9 Å². The molecule has 1 atom stereocenters. The van der Waals surface area contributed by atoms with Crippen LogP contribution in [0.2, 0.25) is 0 Å². The second-order valence-electron chi connectivity index (χ2n) is 8.77. The second kappa shape index (κ2) is 12.8. The first-order valence-electron chi connectivity index (χ1n) is 11.8. The molecule has 0 spiro atoms. The Morgan fingerprint density at radius 1 is 1.03 bits per heavy atom. The zero-order chi connectivity index (χ0) is 26.4. The zero-order valence-corrected chi connectivity index (χ0v) is 21.6. The number of hydrogen-bond donors (Lipinski definition) is 0. The van der Waals surface area contributed by atoms with Crippen LogP contribution in [0.1, 0.15) is 35.9 Å². The number of carbonyl (C=O) groups excluding carboxylic acids is 1. The predicted molar refractivity (Wildman–Crippen MR) is 134 cm³/mol.